The van der Waals surface area contributed by atoms with Gasteiger partial charge in [-0.2, -0.15) is 8.78 Å². The van der Waals surface area contributed by atoms with Gasteiger partial charge in [0.2, 0.25) is 0 Å². The summed E-state index contributed by atoms with van der Waals surface area (Å²) in [5.41, 5.74) is -0.792. The molecule has 6 nitrogen and oxygen atoms in total. The highest BCUT2D eigenvalue weighted by atomic mass is 19.3. The first-order chi connectivity index (χ1) is 9.51. The lowest BCUT2D eigenvalue weighted by Gasteiger charge is -2.27. The summed E-state index contributed by atoms with van der Waals surface area (Å²) in [5.74, 6) is -2.05. The topological polar surface area (TPSA) is 65.1 Å². The molecule has 2 unspecified atom stereocenters. The number of nitrogens with zero attached hydrogens (tertiary/aromatic N) is 1. The van der Waals surface area contributed by atoms with Crippen molar-refractivity contribution in [3.63, 3.8) is 0 Å². The molecule has 2 atom stereocenters. The monoisotopic (exact) mass is 309 g/mol. The van der Waals surface area contributed by atoms with E-state index in [-0.39, 0.29) is 13.0 Å². The number of ether oxygens (including phenoxy) is 3. The first-order valence-corrected chi connectivity index (χ1v) is 6.52. The van der Waals surface area contributed by atoms with Crippen molar-refractivity contribution < 1.29 is 32.6 Å². The van der Waals surface area contributed by atoms with Gasteiger partial charge in [0.15, 0.2) is 0 Å². The standard InChI is InChI=1S/C13H21F2NO5/c1-12(2,3)21-11(18)16-7-8(13(14,15)20-5)6-9(16)10(17)19-4/h8-9H,6-7H2,1-5H3. The molecule has 8 heteroatoms. The van der Waals surface area contributed by atoms with E-state index in [4.69, 9.17) is 4.74 Å². The minimum Gasteiger partial charge on any atom is -0.467 e. The largest absolute Gasteiger partial charge is 0.467 e. The zero-order chi connectivity index (χ0) is 16.4. The summed E-state index contributed by atoms with van der Waals surface area (Å²) < 4.78 is 41.1. The van der Waals surface area contributed by atoms with E-state index in [1.54, 1.807) is 20.8 Å². The lowest BCUT2D eigenvalue weighted by atomic mass is 10.0. The summed E-state index contributed by atoms with van der Waals surface area (Å²) in [6.45, 7) is 4.61. The van der Waals surface area contributed by atoms with Crippen molar-refractivity contribution in [1.29, 1.82) is 0 Å². The van der Waals surface area contributed by atoms with E-state index >= 15 is 0 Å². The summed E-state index contributed by atoms with van der Waals surface area (Å²) in [6.07, 6.45) is -4.50. The number of esters is 1. The second-order valence-electron chi connectivity index (χ2n) is 5.87. The van der Waals surface area contributed by atoms with E-state index in [0.29, 0.717) is 0 Å². The summed E-state index contributed by atoms with van der Waals surface area (Å²) in [5, 5.41) is 0. The average Bonchev–Trinajstić information content (AvgIpc) is 2.81. The first-order valence-electron chi connectivity index (χ1n) is 6.52. The zero-order valence-corrected chi connectivity index (χ0v) is 12.8. The molecular weight excluding hydrogens is 288 g/mol. The predicted octanol–water partition coefficient (Wildman–Crippen LogP) is 2.02. The van der Waals surface area contributed by atoms with Gasteiger partial charge in [-0.05, 0) is 27.2 Å². The minimum atomic E-state index is -3.43. The highest BCUT2D eigenvalue weighted by molar-refractivity contribution is 5.82. The Labute approximate surface area is 122 Å². The predicted molar refractivity (Wildman–Crippen MR) is 68.8 cm³/mol. The Morgan fingerprint density at radius 1 is 1.19 bits per heavy atom. The number of carbonyl (C=O) groups is 2. The van der Waals surface area contributed by atoms with E-state index in [0.717, 1.165) is 19.1 Å². The molecule has 0 spiro atoms. The van der Waals surface area contributed by atoms with Crippen molar-refractivity contribution in [1.82, 2.24) is 4.90 Å². The van der Waals surface area contributed by atoms with Crippen LogP contribution in [0.25, 0.3) is 0 Å². The van der Waals surface area contributed by atoms with Crippen molar-refractivity contribution in [2.75, 3.05) is 20.8 Å². The molecule has 21 heavy (non-hydrogen) atoms. The van der Waals surface area contributed by atoms with Gasteiger partial charge in [0, 0.05) is 13.7 Å². The third kappa shape index (κ3) is 4.26. The van der Waals surface area contributed by atoms with Gasteiger partial charge in [-0.25, -0.2) is 9.59 Å². The molecule has 1 amide bonds. The maximum Gasteiger partial charge on any atom is 0.411 e. The Morgan fingerprint density at radius 3 is 2.19 bits per heavy atom. The van der Waals surface area contributed by atoms with Gasteiger partial charge in [0.25, 0.3) is 0 Å². The normalized spacial score (nSPS) is 23.1. The maximum absolute atomic E-state index is 13.6. The van der Waals surface area contributed by atoms with Crippen LogP contribution in [0, 0.1) is 5.92 Å². The molecule has 0 saturated carbocycles. The smallest absolute Gasteiger partial charge is 0.411 e. The molecule has 0 aromatic rings. The quantitative estimate of drug-likeness (QED) is 0.746. The van der Waals surface area contributed by atoms with Crippen molar-refractivity contribution in [3.05, 3.63) is 0 Å². The third-order valence-corrected chi connectivity index (χ3v) is 3.15. The Hall–Kier alpha value is -1.44. The lowest BCUT2D eigenvalue weighted by Crippen LogP contribution is -2.44. The summed E-state index contributed by atoms with van der Waals surface area (Å²) >= 11 is 0. The number of carbonyl (C=O) groups excluding carboxylic acids is 2. The van der Waals surface area contributed by atoms with Crippen LogP contribution in [0.5, 0.6) is 0 Å². The average molecular weight is 309 g/mol. The molecule has 1 saturated heterocycles. The highest BCUT2D eigenvalue weighted by Gasteiger charge is 2.52. The second kappa shape index (κ2) is 6.13. The van der Waals surface area contributed by atoms with E-state index in [1.165, 1.54) is 0 Å². The van der Waals surface area contributed by atoms with Crippen LogP contribution in [0.1, 0.15) is 27.2 Å². The van der Waals surface area contributed by atoms with Gasteiger partial charge in [0.05, 0.1) is 13.0 Å². The molecule has 0 aromatic carbocycles. The lowest BCUT2D eigenvalue weighted by molar-refractivity contribution is -0.253. The number of likely N-dealkylation sites (tertiary alicyclic amines) is 1. The van der Waals surface area contributed by atoms with Crippen LogP contribution < -0.4 is 0 Å². The van der Waals surface area contributed by atoms with Gasteiger partial charge in [-0.15, -0.1) is 0 Å². The third-order valence-electron chi connectivity index (χ3n) is 3.15. The van der Waals surface area contributed by atoms with E-state index < -0.39 is 35.7 Å². The van der Waals surface area contributed by atoms with Crippen LogP contribution in [-0.4, -0.2) is 55.5 Å². The van der Waals surface area contributed by atoms with Crippen LogP contribution in [0.4, 0.5) is 13.6 Å². The molecule has 0 aliphatic carbocycles. The van der Waals surface area contributed by atoms with Crippen molar-refractivity contribution in [2.45, 2.75) is 44.9 Å². The Kier molecular flexibility index (Phi) is 5.14. The van der Waals surface area contributed by atoms with Crippen LogP contribution in [0.15, 0.2) is 0 Å². The van der Waals surface area contributed by atoms with Crippen molar-refractivity contribution in [3.8, 4) is 0 Å². The van der Waals surface area contributed by atoms with E-state index in [2.05, 4.69) is 9.47 Å². The number of hydrogen-bond donors (Lipinski definition) is 0. The van der Waals surface area contributed by atoms with Gasteiger partial charge >= 0.3 is 18.2 Å². The molecule has 1 aliphatic heterocycles. The molecule has 1 rings (SSSR count). The fourth-order valence-electron chi connectivity index (χ4n) is 2.13. The zero-order valence-electron chi connectivity index (χ0n) is 12.8. The molecule has 122 valence electrons. The summed E-state index contributed by atoms with van der Waals surface area (Å²) in [6, 6.07) is -1.10. The molecule has 0 N–H and O–H groups in total. The van der Waals surface area contributed by atoms with Gasteiger partial charge in [-0.1, -0.05) is 0 Å². The number of halogens is 2. The molecule has 0 bridgehead atoms. The first kappa shape index (κ1) is 17.6. The number of rotatable bonds is 3. The molecule has 0 aromatic heterocycles. The molecular formula is C13H21F2NO5. The fraction of sp³-hybridized carbons (Fsp3) is 0.846. The molecule has 1 fully saturated rings. The maximum atomic E-state index is 13.6. The summed E-state index contributed by atoms with van der Waals surface area (Å²) in [4.78, 5) is 24.7. The fourth-order valence-corrected chi connectivity index (χ4v) is 2.13. The van der Waals surface area contributed by atoms with Crippen molar-refractivity contribution >= 4 is 12.1 Å². The Bertz CT molecular complexity index is 408. The van der Waals surface area contributed by atoms with E-state index in [9.17, 15) is 18.4 Å². The van der Waals surface area contributed by atoms with Crippen LogP contribution in [0.2, 0.25) is 0 Å². The SMILES string of the molecule is COC(=O)C1CC(C(F)(F)OC)CN1C(=O)OC(C)(C)C. The summed E-state index contributed by atoms with van der Waals surface area (Å²) in [7, 11) is 2.01. The molecule has 1 heterocycles. The van der Waals surface area contributed by atoms with Crippen LogP contribution >= 0.6 is 0 Å². The van der Waals surface area contributed by atoms with Gasteiger partial charge < -0.3 is 14.2 Å². The number of alkyl halides is 2. The Balaban J connectivity index is 2.93. The highest BCUT2D eigenvalue weighted by Crippen LogP contribution is 2.37. The van der Waals surface area contributed by atoms with Crippen LogP contribution in [0.3, 0.4) is 0 Å². The van der Waals surface area contributed by atoms with Crippen LogP contribution in [-0.2, 0) is 19.0 Å². The van der Waals surface area contributed by atoms with Gasteiger partial charge in [0.1, 0.15) is 11.6 Å². The Morgan fingerprint density at radius 2 is 1.76 bits per heavy atom. The minimum absolute atomic E-state index is 0.243. The molecule has 0 radical (unpaired) electrons. The number of amides is 1. The molecule has 1 aliphatic rings. The van der Waals surface area contributed by atoms with E-state index in [1.807, 2.05) is 0 Å². The second-order valence-corrected chi connectivity index (χ2v) is 5.87. The van der Waals surface area contributed by atoms with Crippen molar-refractivity contribution in [2.24, 2.45) is 5.92 Å². The number of methoxy groups -OCH3 is 2. The number of hydrogen-bond acceptors (Lipinski definition) is 5. The van der Waals surface area contributed by atoms with Gasteiger partial charge in [-0.3, -0.25) is 4.90 Å².